The molecule has 1 saturated heterocycles. The average molecular weight is 408 g/mol. The monoisotopic (exact) mass is 407 g/mol. The number of aliphatic hydroxyl groups excluding tert-OH is 1. The smallest absolute Gasteiger partial charge is 0.107 e. The van der Waals surface area contributed by atoms with Gasteiger partial charge in [0.1, 0.15) is 5.01 Å². The Hall–Kier alpha value is -2.05. The minimum absolute atomic E-state index is 0.246. The highest BCUT2D eigenvalue weighted by atomic mass is 32.1. The van der Waals surface area contributed by atoms with Crippen LogP contribution in [0.4, 0.5) is 0 Å². The minimum atomic E-state index is 0.246. The third-order valence-corrected chi connectivity index (χ3v) is 6.50. The standard InChI is InChI=1S/C24H29N3OS/c28-16-12-22-17-26(14-15-27(22)13-11-20-7-3-1-4-8-20)18-24-25-23(19-29-24)21-9-5-2-6-10-21/h1-10,19,22,28H,11-18H2/t22-/m1/s1. The van der Waals surface area contributed by atoms with E-state index in [9.17, 15) is 5.11 Å². The lowest BCUT2D eigenvalue weighted by molar-refractivity contribution is 0.0562. The molecular formula is C24H29N3OS. The normalized spacial score (nSPS) is 18.2. The molecule has 1 aromatic heterocycles. The van der Waals surface area contributed by atoms with Gasteiger partial charge in [-0.1, -0.05) is 60.7 Å². The molecule has 1 aliphatic rings. The number of aromatic nitrogens is 1. The van der Waals surface area contributed by atoms with Gasteiger partial charge in [0.25, 0.3) is 0 Å². The summed E-state index contributed by atoms with van der Waals surface area (Å²) in [4.78, 5) is 9.90. The summed E-state index contributed by atoms with van der Waals surface area (Å²) in [5, 5.41) is 12.9. The Labute approximate surface area is 177 Å². The van der Waals surface area contributed by atoms with Crippen LogP contribution in [-0.4, -0.2) is 58.7 Å². The van der Waals surface area contributed by atoms with Crippen LogP contribution in [0.2, 0.25) is 0 Å². The molecule has 0 saturated carbocycles. The van der Waals surface area contributed by atoms with E-state index < -0.39 is 0 Å². The van der Waals surface area contributed by atoms with Gasteiger partial charge in [-0.2, -0.15) is 0 Å². The molecular weight excluding hydrogens is 378 g/mol. The lowest BCUT2D eigenvalue weighted by Gasteiger charge is -2.41. The van der Waals surface area contributed by atoms with Crippen molar-refractivity contribution in [2.75, 3.05) is 32.8 Å². The van der Waals surface area contributed by atoms with Crippen LogP contribution in [0.15, 0.2) is 66.0 Å². The van der Waals surface area contributed by atoms with Gasteiger partial charge >= 0.3 is 0 Å². The van der Waals surface area contributed by atoms with Gasteiger partial charge in [-0.3, -0.25) is 9.80 Å². The summed E-state index contributed by atoms with van der Waals surface area (Å²) in [6.45, 7) is 5.29. The number of benzene rings is 2. The van der Waals surface area contributed by atoms with Crippen molar-refractivity contribution >= 4 is 11.3 Å². The molecule has 0 radical (unpaired) electrons. The van der Waals surface area contributed by atoms with E-state index in [1.54, 1.807) is 11.3 Å². The molecule has 152 valence electrons. The maximum Gasteiger partial charge on any atom is 0.107 e. The molecule has 0 amide bonds. The van der Waals surface area contributed by atoms with Gasteiger partial charge in [-0.15, -0.1) is 11.3 Å². The Morgan fingerprint density at radius 3 is 2.52 bits per heavy atom. The summed E-state index contributed by atoms with van der Waals surface area (Å²) in [5.41, 5.74) is 3.63. The first-order valence-electron chi connectivity index (χ1n) is 10.4. The predicted molar refractivity (Wildman–Crippen MR) is 120 cm³/mol. The zero-order valence-electron chi connectivity index (χ0n) is 16.8. The zero-order valence-corrected chi connectivity index (χ0v) is 17.6. The summed E-state index contributed by atoms with van der Waals surface area (Å²) in [7, 11) is 0. The van der Waals surface area contributed by atoms with E-state index in [1.807, 2.05) is 6.07 Å². The van der Waals surface area contributed by atoms with Crippen LogP contribution in [0.1, 0.15) is 17.0 Å². The van der Waals surface area contributed by atoms with E-state index >= 15 is 0 Å². The molecule has 1 atom stereocenters. The van der Waals surface area contributed by atoms with Crippen molar-refractivity contribution in [3.8, 4) is 11.3 Å². The van der Waals surface area contributed by atoms with E-state index in [4.69, 9.17) is 4.98 Å². The number of hydrogen-bond acceptors (Lipinski definition) is 5. The molecule has 1 fully saturated rings. The fraction of sp³-hybridized carbons (Fsp3) is 0.375. The van der Waals surface area contributed by atoms with Crippen LogP contribution >= 0.6 is 11.3 Å². The molecule has 2 aromatic carbocycles. The molecule has 0 spiro atoms. The van der Waals surface area contributed by atoms with Crippen LogP contribution < -0.4 is 0 Å². The first-order valence-corrected chi connectivity index (χ1v) is 11.3. The highest BCUT2D eigenvalue weighted by molar-refractivity contribution is 7.09. The van der Waals surface area contributed by atoms with Crippen molar-refractivity contribution < 1.29 is 5.11 Å². The Morgan fingerprint density at radius 1 is 1.00 bits per heavy atom. The summed E-state index contributed by atoms with van der Waals surface area (Å²) >= 11 is 1.75. The summed E-state index contributed by atoms with van der Waals surface area (Å²) in [5.74, 6) is 0. The van der Waals surface area contributed by atoms with Gasteiger partial charge in [0.2, 0.25) is 0 Å². The minimum Gasteiger partial charge on any atom is -0.396 e. The topological polar surface area (TPSA) is 39.6 Å². The Kier molecular flexibility index (Phi) is 7.06. The van der Waals surface area contributed by atoms with Crippen LogP contribution in [0.5, 0.6) is 0 Å². The second-order valence-electron chi connectivity index (χ2n) is 7.67. The molecule has 5 heteroatoms. The van der Waals surface area contributed by atoms with E-state index in [1.165, 1.54) is 16.1 Å². The van der Waals surface area contributed by atoms with Crippen molar-refractivity contribution in [2.24, 2.45) is 0 Å². The van der Waals surface area contributed by atoms with Crippen LogP contribution in [0.3, 0.4) is 0 Å². The third kappa shape index (κ3) is 5.52. The first-order chi connectivity index (χ1) is 14.3. The lowest BCUT2D eigenvalue weighted by atomic mass is 10.1. The second kappa shape index (κ2) is 10.1. The highest BCUT2D eigenvalue weighted by Crippen LogP contribution is 2.23. The van der Waals surface area contributed by atoms with Crippen LogP contribution in [0, 0.1) is 0 Å². The SMILES string of the molecule is OCC[C@@H]1CN(Cc2nc(-c3ccccc3)cs2)CCN1CCc1ccccc1. The Morgan fingerprint density at radius 2 is 1.76 bits per heavy atom. The quantitative estimate of drug-likeness (QED) is 0.614. The number of hydrogen-bond donors (Lipinski definition) is 1. The maximum absolute atomic E-state index is 9.57. The zero-order chi connectivity index (χ0) is 19.9. The number of piperazine rings is 1. The molecule has 0 bridgehead atoms. The van der Waals surface area contributed by atoms with Crippen molar-refractivity contribution in [3.63, 3.8) is 0 Å². The Bertz CT molecular complexity index is 868. The number of nitrogens with zero attached hydrogens (tertiary/aromatic N) is 3. The molecule has 4 nitrogen and oxygen atoms in total. The van der Waals surface area contributed by atoms with E-state index in [2.05, 4.69) is 69.8 Å². The molecule has 1 N–H and O–H groups in total. The second-order valence-corrected chi connectivity index (χ2v) is 8.61. The summed E-state index contributed by atoms with van der Waals surface area (Å²) in [6, 6.07) is 21.5. The molecule has 2 heterocycles. The van der Waals surface area contributed by atoms with E-state index in [-0.39, 0.29) is 6.61 Å². The van der Waals surface area contributed by atoms with Gasteiger partial charge < -0.3 is 5.11 Å². The third-order valence-electron chi connectivity index (χ3n) is 5.66. The van der Waals surface area contributed by atoms with Crippen LogP contribution in [-0.2, 0) is 13.0 Å². The van der Waals surface area contributed by atoms with Gasteiger partial charge in [-0.05, 0) is 18.4 Å². The van der Waals surface area contributed by atoms with Crippen molar-refractivity contribution in [1.29, 1.82) is 0 Å². The summed E-state index contributed by atoms with van der Waals surface area (Å²) in [6.07, 6.45) is 1.90. The molecule has 4 rings (SSSR count). The lowest BCUT2D eigenvalue weighted by Crippen LogP contribution is -2.53. The van der Waals surface area contributed by atoms with Crippen molar-refractivity contribution in [2.45, 2.75) is 25.4 Å². The molecule has 0 unspecified atom stereocenters. The van der Waals surface area contributed by atoms with Gasteiger partial charge in [0.05, 0.1) is 12.2 Å². The largest absolute Gasteiger partial charge is 0.396 e. The first kappa shape index (κ1) is 20.2. The molecule has 29 heavy (non-hydrogen) atoms. The van der Waals surface area contributed by atoms with Crippen molar-refractivity contribution in [1.82, 2.24) is 14.8 Å². The van der Waals surface area contributed by atoms with Crippen LogP contribution in [0.25, 0.3) is 11.3 Å². The predicted octanol–water partition coefficient (Wildman–Crippen LogP) is 3.92. The van der Waals surface area contributed by atoms with E-state index in [0.29, 0.717) is 6.04 Å². The van der Waals surface area contributed by atoms with Gasteiger partial charge in [0.15, 0.2) is 0 Å². The summed E-state index contributed by atoms with van der Waals surface area (Å²) < 4.78 is 0. The number of thiazole rings is 1. The maximum atomic E-state index is 9.57. The Balaban J connectivity index is 1.34. The van der Waals surface area contributed by atoms with E-state index in [0.717, 1.165) is 51.3 Å². The molecule has 3 aromatic rings. The van der Waals surface area contributed by atoms with Gasteiger partial charge in [-0.25, -0.2) is 4.98 Å². The average Bonchev–Trinajstić information content (AvgIpc) is 3.23. The van der Waals surface area contributed by atoms with Gasteiger partial charge in [0, 0.05) is 49.8 Å². The molecule has 0 aliphatic carbocycles. The fourth-order valence-corrected chi connectivity index (χ4v) is 4.90. The highest BCUT2D eigenvalue weighted by Gasteiger charge is 2.26. The molecule has 1 aliphatic heterocycles. The number of aliphatic hydroxyl groups is 1. The number of rotatable bonds is 8. The fourth-order valence-electron chi connectivity index (χ4n) is 4.05. The van der Waals surface area contributed by atoms with Crippen molar-refractivity contribution in [3.05, 3.63) is 76.6 Å².